The molecule has 0 unspecified atom stereocenters. The Bertz CT molecular complexity index is 1670. The van der Waals surface area contributed by atoms with Gasteiger partial charge in [-0.05, 0) is 32.3 Å². The highest BCUT2D eigenvalue weighted by Gasteiger charge is 2.48. The van der Waals surface area contributed by atoms with Gasteiger partial charge in [0.15, 0.2) is 11.5 Å². The molecular formula is C24H20ClFN10O. The molecule has 2 aliphatic carbocycles. The summed E-state index contributed by atoms with van der Waals surface area (Å²) in [6, 6.07) is 3.30. The van der Waals surface area contributed by atoms with E-state index in [1.54, 1.807) is 12.3 Å². The van der Waals surface area contributed by atoms with Crippen LogP contribution < -0.4 is 5.32 Å². The molecule has 11 nitrogen and oxygen atoms in total. The topological polar surface area (TPSA) is 121 Å². The molecule has 13 heteroatoms. The second-order valence-electron chi connectivity index (χ2n) is 9.67. The van der Waals surface area contributed by atoms with Crippen LogP contribution in [0.15, 0.2) is 49.3 Å². The first-order chi connectivity index (χ1) is 17.9. The van der Waals surface area contributed by atoms with E-state index in [-0.39, 0.29) is 10.9 Å². The van der Waals surface area contributed by atoms with Gasteiger partial charge in [0.05, 0.1) is 53.2 Å². The number of nitrogens with zero attached hydrogens (tertiary/aromatic N) is 9. The molecule has 1 fully saturated rings. The highest BCUT2D eigenvalue weighted by Crippen LogP contribution is 2.50. The number of carbonyl (C=O) groups is 1. The van der Waals surface area contributed by atoms with Gasteiger partial charge in [-0.2, -0.15) is 19.7 Å². The fourth-order valence-electron chi connectivity index (χ4n) is 5.19. The van der Waals surface area contributed by atoms with Crippen molar-refractivity contribution in [3.63, 3.8) is 0 Å². The molecular weight excluding hydrogens is 499 g/mol. The smallest absolute Gasteiger partial charge is 0.235 e. The Balaban J connectivity index is 1.26. The summed E-state index contributed by atoms with van der Waals surface area (Å²) >= 11 is 6.39. The van der Waals surface area contributed by atoms with Gasteiger partial charge in [0.2, 0.25) is 11.9 Å². The van der Waals surface area contributed by atoms with Gasteiger partial charge in [-0.1, -0.05) is 11.6 Å². The van der Waals surface area contributed by atoms with Crippen molar-refractivity contribution >= 4 is 28.8 Å². The number of pyridine rings is 1. The lowest BCUT2D eigenvalue weighted by atomic mass is 9.80. The van der Waals surface area contributed by atoms with Crippen LogP contribution in [0.3, 0.4) is 0 Å². The minimum Gasteiger partial charge on any atom is -0.324 e. The molecule has 0 radical (unpaired) electrons. The van der Waals surface area contributed by atoms with Crippen molar-refractivity contribution in [2.24, 2.45) is 0 Å². The van der Waals surface area contributed by atoms with E-state index < -0.39 is 17.3 Å². The molecule has 0 aromatic carbocycles. The minimum absolute atomic E-state index is 0.254. The van der Waals surface area contributed by atoms with Crippen molar-refractivity contribution in [3.8, 4) is 5.82 Å². The van der Waals surface area contributed by atoms with Crippen molar-refractivity contribution in [2.75, 3.05) is 5.32 Å². The van der Waals surface area contributed by atoms with E-state index in [0.717, 1.165) is 24.1 Å². The molecule has 0 saturated heterocycles. The molecule has 0 aliphatic heterocycles. The second kappa shape index (κ2) is 7.90. The van der Waals surface area contributed by atoms with Gasteiger partial charge in [0.1, 0.15) is 0 Å². The van der Waals surface area contributed by atoms with Crippen LogP contribution in [0, 0.1) is 5.95 Å². The summed E-state index contributed by atoms with van der Waals surface area (Å²) in [5.41, 5.74) is 2.54. The van der Waals surface area contributed by atoms with Gasteiger partial charge in [-0.3, -0.25) is 9.48 Å². The number of fused-ring (bicyclic) bond motifs is 3. The predicted octanol–water partition coefficient (Wildman–Crippen LogP) is 3.46. The van der Waals surface area contributed by atoms with Crippen LogP contribution in [-0.2, 0) is 10.2 Å². The van der Waals surface area contributed by atoms with Crippen LogP contribution in [0.5, 0.6) is 0 Å². The van der Waals surface area contributed by atoms with Gasteiger partial charge in [-0.15, -0.1) is 9.90 Å². The van der Waals surface area contributed by atoms with Crippen molar-refractivity contribution < 1.29 is 9.18 Å². The summed E-state index contributed by atoms with van der Waals surface area (Å²) in [7, 11) is 0. The zero-order chi connectivity index (χ0) is 25.3. The lowest BCUT2D eigenvalue weighted by Gasteiger charge is -2.24. The molecule has 1 amide bonds. The van der Waals surface area contributed by atoms with Crippen molar-refractivity contribution in [1.82, 2.24) is 44.4 Å². The van der Waals surface area contributed by atoms with E-state index in [0.29, 0.717) is 35.2 Å². The number of anilines is 1. The molecule has 5 aromatic heterocycles. The van der Waals surface area contributed by atoms with E-state index in [4.69, 9.17) is 11.6 Å². The molecule has 2 atom stereocenters. The third-order valence-electron chi connectivity index (χ3n) is 7.17. The number of aromatic nitrogens is 9. The van der Waals surface area contributed by atoms with Gasteiger partial charge in [0, 0.05) is 35.0 Å². The van der Waals surface area contributed by atoms with Gasteiger partial charge in [0.25, 0.3) is 0 Å². The first-order valence-corrected chi connectivity index (χ1v) is 12.2. The Morgan fingerprint density at radius 2 is 1.95 bits per heavy atom. The Morgan fingerprint density at radius 3 is 2.70 bits per heavy atom. The van der Waals surface area contributed by atoms with Crippen LogP contribution in [0.1, 0.15) is 55.0 Å². The van der Waals surface area contributed by atoms with Gasteiger partial charge < -0.3 is 5.32 Å². The molecule has 5 heterocycles. The third-order valence-corrected chi connectivity index (χ3v) is 7.44. The van der Waals surface area contributed by atoms with E-state index in [9.17, 15) is 9.18 Å². The third kappa shape index (κ3) is 3.50. The van der Waals surface area contributed by atoms with Gasteiger partial charge in [-0.25, -0.2) is 14.5 Å². The van der Waals surface area contributed by atoms with Crippen LogP contribution >= 0.6 is 11.6 Å². The maximum atomic E-state index is 14.2. The van der Waals surface area contributed by atoms with Gasteiger partial charge >= 0.3 is 0 Å². The molecule has 1 N–H and O–H groups in total. The maximum Gasteiger partial charge on any atom is 0.235 e. The number of carbonyl (C=O) groups excluding carboxylic acids is 1. The molecule has 1 saturated carbocycles. The quantitative estimate of drug-likeness (QED) is 0.378. The molecule has 186 valence electrons. The molecule has 0 spiro atoms. The van der Waals surface area contributed by atoms with E-state index in [1.807, 2.05) is 24.0 Å². The minimum atomic E-state index is -0.643. The average molecular weight is 519 g/mol. The fraction of sp³-hybridized carbons (Fsp3) is 0.292. The zero-order valence-electron chi connectivity index (χ0n) is 19.6. The molecule has 37 heavy (non-hydrogen) atoms. The maximum absolute atomic E-state index is 14.2. The van der Waals surface area contributed by atoms with Crippen LogP contribution in [-0.4, -0.2) is 50.3 Å². The number of hydrogen-bond acceptors (Lipinski definition) is 7. The number of rotatable bonds is 5. The van der Waals surface area contributed by atoms with Crippen molar-refractivity contribution in [1.29, 1.82) is 0 Å². The first kappa shape index (κ1) is 22.0. The number of amides is 1. The monoisotopic (exact) mass is 518 g/mol. The molecule has 5 aromatic rings. The van der Waals surface area contributed by atoms with Crippen molar-refractivity contribution in [3.05, 3.63) is 77.1 Å². The fourth-order valence-corrected chi connectivity index (χ4v) is 5.43. The highest BCUT2D eigenvalue weighted by atomic mass is 35.5. The average Bonchev–Trinajstić information content (AvgIpc) is 3.26. The van der Waals surface area contributed by atoms with Crippen molar-refractivity contribution in [2.45, 2.75) is 43.6 Å². The molecule has 0 bridgehead atoms. The molecule has 2 aliphatic rings. The van der Waals surface area contributed by atoms with Crippen LogP contribution in [0.4, 0.5) is 10.1 Å². The number of nitrogens with one attached hydrogen (secondary N) is 1. The SMILES string of the molecule is C[C@]1(c2cnn(C3CC3)c2)C[C@H](C(=O)Nc2cnc(-n3nccn3)c(Cl)c2)c2cnc3cc(F)nn3c21. The summed E-state index contributed by atoms with van der Waals surface area (Å²) in [5, 5.41) is 19.9. The summed E-state index contributed by atoms with van der Waals surface area (Å²) < 4.78 is 17.7. The summed E-state index contributed by atoms with van der Waals surface area (Å²) in [5.74, 6) is -1.10. The Hall–Kier alpha value is -4.19. The second-order valence-corrected chi connectivity index (χ2v) is 10.1. The Kier molecular flexibility index (Phi) is 4.71. The zero-order valence-corrected chi connectivity index (χ0v) is 20.3. The predicted molar refractivity (Wildman–Crippen MR) is 130 cm³/mol. The number of halogens is 2. The lowest BCUT2D eigenvalue weighted by molar-refractivity contribution is -0.117. The largest absolute Gasteiger partial charge is 0.324 e. The lowest BCUT2D eigenvalue weighted by Crippen LogP contribution is -2.25. The van der Waals surface area contributed by atoms with E-state index in [2.05, 4.69) is 35.7 Å². The standard InChI is InChI=1S/C24H20ClFN10O/c1-24(13-9-31-34(12-13)15-2-3-15)8-16(17-11-27-20-7-19(26)33-35(20)21(17)24)23(37)32-14-6-18(25)22(28-10-14)36-29-4-5-30-36/h4-7,9-12,15-16H,2-3,8H2,1H3,(H,32,37)/t16-,24+/m0/s1. The molecule has 7 rings (SSSR count). The van der Waals surface area contributed by atoms with E-state index >= 15 is 0 Å². The summed E-state index contributed by atoms with van der Waals surface area (Å²) in [6.07, 6.45) is 12.7. The number of hydrogen-bond donors (Lipinski definition) is 1. The van der Waals surface area contributed by atoms with Crippen LogP contribution in [0.25, 0.3) is 11.5 Å². The highest BCUT2D eigenvalue weighted by molar-refractivity contribution is 6.32. The van der Waals surface area contributed by atoms with E-state index in [1.165, 1.54) is 34.0 Å². The Labute approximate surface area is 214 Å². The summed E-state index contributed by atoms with van der Waals surface area (Å²) in [4.78, 5) is 23.6. The van der Waals surface area contributed by atoms with Crippen LogP contribution in [0.2, 0.25) is 5.02 Å². The summed E-state index contributed by atoms with van der Waals surface area (Å²) in [6.45, 7) is 2.04. The first-order valence-electron chi connectivity index (χ1n) is 11.8. The Morgan fingerprint density at radius 1 is 1.14 bits per heavy atom. The normalized spacial score (nSPS) is 20.9.